The summed E-state index contributed by atoms with van der Waals surface area (Å²) >= 11 is 0. The zero-order chi connectivity index (χ0) is 13.9. The van der Waals surface area contributed by atoms with Gasteiger partial charge >= 0.3 is 5.97 Å². The molecule has 110 valence electrons. The van der Waals surface area contributed by atoms with Crippen LogP contribution in [-0.2, 0) is 9.53 Å². The van der Waals surface area contributed by atoms with E-state index in [4.69, 9.17) is 4.74 Å². The number of hydrogen-bond donors (Lipinski definition) is 0. The van der Waals surface area contributed by atoms with E-state index in [1.54, 1.807) is 0 Å². The van der Waals surface area contributed by atoms with E-state index < -0.39 is 0 Å². The summed E-state index contributed by atoms with van der Waals surface area (Å²) in [7, 11) is 0.928. The lowest BCUT2D eigenvalue weighted by Crippen LogP contribution is -2.37. The van der Waals surface area contributed by atoms with E-state index in [2.05, 4.69) is 13.8 Å². The normalized spacial score (nSPS) is 26.4. The van der Waals surface area contributed by atoms with Crippen LogP contribution in [0, 0.1) is 11.8 Å². The summed E-state index contributed by atoms with van der Waals surface area (Å²) < 4.78 is 5.84. The Labute approximate surface area is 121 Å². The van der Waals surface area contributed by atoms with Crippen LogP contribution in [0.15, 0.2) is 0 Å². The highest BCUT2D eigenvalue weighted by atomic mass is 28.1. The van der Waals surface area contributed by atoms with Crippen molar-refractivity contribution in [3.8, 4) is 0 Å². The molecular weight excluding hydrogens is 252 g/mol. The second kappa shape index (κ2) is 6.42. The SMILES string of the molecule is CCC([SiH3])(C(=O)OC1CCCC1)C(C)C1CCCC1. The molecule has 0 aromatic carbocycles. The highest BCUT2D eigenvalue weighted by Crippen LogP contribution is 2.47. The van der Waals surface area contributed by atoms with Gasteiger partial charge in [-0.15, -0.1) is 0 Å². The van der Waals surface area contributed by atoms with Crippen molar-refractivity contribution >= 4 is 16.2 Å². The average molecular weight is 282 g/mol. The number of rotatable bonds is 5. The Bertz CT molecular complexity index is 306. The molecule has 0 spiro atoms. The second-order valence-corrected chi connectivity index (χ2v) is 8.70. The van der Waals surface area contributed by atoms with Crippen LogP contribution in [0.2, 0.25) is 5.04 Å². The van der Waals surface area contributed by atoms with Crippen LogP contribution in [0.3, 0.4) is 0 Å². The van der Waals surface area contributed by atoms with Gasteiger partial charge in [0.1, 0.15) is 6.10 Å². The van der Waals surface area contributed by atoms with E-state index in [-0.39, 0.29) is 17.1 Å². The summed E-state index contributed by atoms with van der Waals surface area (Å²) in [5.74, 6) is 1.40. The Hall–Kier alpha value is -0.313. The molecule has 2 aliphatic carbocycles. The fourth-order valence-electron chi connectivity index (χ4n) is 3.92. The summed E-state index contributed by atoms with van der Waals surface area (Å²) in [5, 5.41) is -0.141. The van der Waals surface area contributed by atoms with E-state index >= 15 is 0 Å². The van der Waals surface area contributed by atoms with Crippen molar-refractivity contribution in [1.82, 2.24) is 0 Å². The molecule has 0 aliphatic heterocycles. The largest absolute Gasteiger partial charge is 0.462 e. The molecule has 2 rings (SSSR count). The van der Waals surface area contributed by atoms with Crippen molar-refractivity contribution in [2.75, 3.05) is 0 Å². The van der Waals surface area contributed by atoms with Crippen LogP contribution >= 0.6 is 0 Å². The number of hydrogen-bond acceptors (Lipinski definition) is 2. The first-order valence-corrected chi connectivity index (χ1v) is 9.29. The fraction of sp³-hybridized carbons (Fsp3) is 0.938. The predicted molar refractivity (Wildman–Crippen MR) is 82.4 cm³/mol. The van der Waals surface area contributed by atoms with Gasteiger partial charge in [0.15, 0.2) is 0 Å². The lowest BCUT2D eigenvalue weighted by molar-refractivity contribution is -0.155. The van der Waals surface area contributed by atoms with Crippen molar-refractivity contribution in [1.29, 1.82) is 0 Å². The summed E-state index contributed by atoms with van der Waals surface area (Å²) in [6, 6.07) is 0. The van der Waals surface area contributed by atoms with E-state index in [9.17, 15) is 4.79 Å². The predicted octanol–water partition coefficient (Wildman–Crippen LogP) is 3.23. The molecule has 2 atom stereocenters. The molecule has 0 bridgehead atoms. The molecule has 2 fully saturated rings. The minimum absolute atomic E-state index is 0.132. The van der Waals surface area contributed by atoms with Crippen LogP contribution in [0.4, 0.5) is 0 Å². The molecular formula is C16H30O2Si. The summed E-state index contributed by atoms with van der Waals surface area (Å²) in [5.41, 5.74) is 0. The van der Waals surface area contributed by atoms with E-state index in [1.165, 1.54) is 38.5 Å². The maximum Gasteiger partial charge on any atom is 0.308 e. The third-order valence-corrected chi connectivity index (χ3v) is 7.91. The Morgan fingerprint density at radius 1 is 1.21 bits per heavy atom. The monoisotopic (exact) mass is 282 g/mol. The Morgan fingerprint density at radius 2 is 1.74 bits per heavy atom. The summed E-state index contributed by atoms with van der Waals surface area (Å²) in [4.78, 5) is 12.7. The topological polar surface area (TPSA) is 26.3 Å². The molecule has 2 nitrogen and oxygen atoms in total. The van der Waals surface area contributed by atoms with Crippen molar-refractivity contribution in [2.24, 2.45) is 11.8 Å². The van der Waals surface area contributed by atoms with Crippen LogP contribution in [0.1, 0.15) is 71.6 Å². The first kappa shape index (κ1) is 15.1. The molecule has 2 saturated carbocycles. The van der Waals surface area contributed by atoms with Crippen LogP contribution in [-0.4, -0.2) is 22.3 Å². The highest BCUT2D eigenvalue weighted by molar-refractivity contribution is 6.27. The first-order chi connectivity index (χ1) is 9.08. The number of carbonyl (C=O) groups excluding carboxylic acids is 1. The van der Waals surface area contributed by atoms with Gasteiger partial charge in [-0.25, -0.2) is 0 Å². The van der Waals surface area contributed by atoms with Gasteiger partial charge in [0.2, 0.25) is 0 Å². The molecule has 2 unspecified atom stereocenters. The van der Waals surface area contributed by atoms with Crippen molar-refractivity contribution in [3.05, 3.63) is 0 Å². The maximum absolute atomic E-state index is 12.7. The van der Waals surface area contributed by atoms with Gasteiger partial charge in [0, 0.05) is 10.2 Å². The van der Waals surface area contributed by atoms with Crippen molar-refractivity contribution < 1.29 is 9.53 Å². The second-order valence-electron chi connectivity index (χ2n) is 6.92. The van der Waals surface area contributed by atoms with Gasteiger partial charge in [-0.05, 0) is 43.9 Å². The first-order valence-electron chi connectivity index (χ1n) is 8.29. The summed E-state index contributed by atoms with van der Waals surface area (Å²) in [6.45, 7) is 4.48. The maximum atomic E-state index is 12.7. The van der Waals surface area contributed by atoms with Gasteiger partial charge in [0.25, 0.3) is 0 Å². The molecule has 3 heteroatoms. The summed E-state index contributed by atoms with van der Waals surface area (Å²) in [6.07, 6.45) is 11.2. The Morgan fingerprint density at radius 3 is 2.26 bits per heavy atom. The molecule has 0 aromatic heterocycles. The van der Waals surface area contributed by atoms with Gasteiger partial charge in [-0.1, -0.05) is 39.5 Å². The number of esters is 1. The van der Waals surface area contributed by atoms with E-state index in [0.717, 1.165) is 35.4 Å². The zero-order valence-corrected chi connectivity index (χ0v) is 14.9. The van der Waals surface area contributed by atoms with Gasteiger partial charge in [-0.2, -0.15) is 0 Å². The minimum atomic E-state index is -0.141. The standard InChI is InChI=1S/C16H30O2Si/c1-3-16(19,12(2)13-8-4-5-9-13)15(17)18-14-10-6-7-11-14/h12-14H,3-11H2,1-2,19H3. The van der Waals surface area contributed by atoms with E-state index in [1.807, 2.05) is 0 Å². The quantitative estimate of drug-likeness (QED) is 0.571. The third kappa shape index (κ3) is 3.23. The lowest BCUT2D eigenvalue weighted by Gasteiger charge is -2.37. The Kier molecular flexibility index (Phi) is 5.10. The third-order valence-electron chi connectivity index (χ3n) is 5.89. The van der Waals surface area contributed by atoms with Gasteiger partial charge in [0.05, 0.1) is 5.04 Å². The van der Waals surface area contributed by atoms with Crippen LogP contribution in [0.25, 0.3) is 0 Å². The number of carbonyl (C=O) groups is 1. The molecule has 19 heavy (non-hydrogen) atoms. The van der Waals surface area contributed by atoms with Gasteiger partial charge in [-0.3, -0.25) is 4.79 Å². The molecule has 0 radical (unpaired) electrons. The molecule has 0 heterocycles. The smallest absolute Gasteiger partial charge is 0.308 e. The van der Waals surface area contributed by atoms with Crippen molar-refractivity contribution in [3.63, 3.8) is 0 Å². The van der Waals surface area contributed by atoms with Gasteiger partial charge < -0.3 is 4.74 Å². The lowest BCUT2D eigenvalue weighted by atomic mass is 9.79. The fourth-order valence-corrected chi connectivity index (χ4v) is 4.51. The molecule has 0 amide bonds. The molecule has 0 aromatic rings. The Balaban J connectivity index is 1.99. The number of ether oxygens (including phenoxy) is 1. The molecule has 2 aliphatic rings. The molecule has 0 N–H and O–H groups in total. The van der Waals surface area contributed by atoms with E-state index in [0.29, 0.717) is 5.92 Å². The van der Waals surface area contributed by atoms with Crippen LogP contribution < -0.4 is 0 Å². The minimum Gasteiger partial charge on any atom is -0.462 e. The van der Waals surface area contributed by atoms with Crippen molar-refractivity contribution in [2.45, 2.75) is 82.8 Å². The molecule has 0 saturated heterocycles. The zero-order valence-electron chi connectivity index (χ0n) is 12.9. The average Bonchev–Trinajstić information content (AvgIpc) is 3.09. The van der Waals surface area contributed by atoms with Crippen LogP contribution in [0.5, 0.6) is 0 Å². The highest BCUT2D eigenvalue weighted by Gasteiger charge is 2.43.